The maximum atomic E-state index is 11.1. The van der Waals surface area contributed by atoms with Crippen LogP contribution >= 0.6 is 11.8 Å². The molecule has 1 unspecified atom stereocenters. The second-order valence-corrected chi connectivity index (χ2v) is 4.23. The predicted octanol–water partition coefficient (Wildman–Crippen LogP) is 0.390. The topological polar surface area (TPSA) is 41.6 Å². The normalized spacial score (nSPS) is 22.5. The second-order valence-electron chi connectivity index (χ2n) is 3.08. The summed E-state index contributed by atoms with van der Waals surface area (Å²) in [6, 6.07) is 0.405. The minimum Gasteiger partial charge on any atom is -0.453 e. The first-order valence-corrected chi connectivity index (χ1v) is 5.49. The highest BCUT2D eigenvalue weighted by molar-refractivity contribution is 7.99. The molecule has 1 aliphatic rings. The van der Waals surface area contributed by atoms with E-state index in [9.17, 15) is 4.79 Å². The van der Waals surface area contributed by atoms with E-state index in [-0.39, 0.29) is 6.09 Å². The Bertz CT molecular complexity index is 172. The molecule has 1 atom stereocenters. The van der Waals surface area contributed by atoms with Crippen LogP contribution in [0.1, 0.15) is 0 Å². The van der Waals surface area contributed by atoms with E-state index in [0.29, 0.717) is 6.04 Å². The van der Waals surface area contributed by atoms with E-state index in [4.69, 9.17) is 0 Å². The molecule has 0 spiro atoms. The molecular formula is C8H16N2O2S. The number of ether oxygens (including phenoxy) is 1. The van der Waals surface area contributed by atoms with Crippen LogP contribution in [0, 0.1) is 0 Å². The summed E-state index contributed by atoms with van der Waals surface area (Å²) in [6.07, 6.45) is -0.266. The minimum absolute atomic E-state index is 0.266. The molecule has 1 aliphatic heterocycles. The molecule has 5 heteroatoms. The minimum atomic E-state index is -0.266. The van der Waals surface area contributed by atoms with Gasteiger partial charge in [0.05, 0.1) is 7.11 Å². The van der Waals surface area contributed by atoms with Crippen LogP contribution in [-0.4, -0.2) is 55.8 Å². The van der Waals surface area contributed by atoms with Gasteiger partial charge >= 0.3 is 6.09 Å². The third-order valence-corrected chi connectivity index (χ3v) is 3.11. The SMILES string of the molecule is COC(=O)N(C)CC1CSCCN1. The van der Waals surface area contributed by atoms with Crippen molar-refractivity contribution in [1.29, 1.82) is 0 Å². The van der Waals surface area contributed by atoms with Crippen LogP contribution in [-0.2, 0) is 4.74 Å². The lowest BCUT2D eigenvalue weighted by Gasteiger charge is -2.27. The molecule has 13 heavy (non-hydrogen) atoms. The number of hydrogen-bond acceptors (Lipinski definition) is 4. The molecule has 0 aromatic rings. The van der Waals surface area contributed by atoms with Gasteiger partial charge in [-0.2, -0.15) is 11.8 Å². The number of hydrogen-bond donors (Lipinski definition) is 1. The number of methoxy groups -OCH3 is 1. The average Bonchev–Trinajstić information content (AvgIpc) is 2.18. The molecule has 1 saturated heterocycles. The summed E-state index contributed by atoms with van der Waals surface area (Å²) >= 11 is 1.92. The molecule has 0 aliphatic carbocycles. The number of rotatable bonds is 2. The fraction of sp³-hybridized carbons (Fsp3) is 0.875. The zero-order chi connectivity index (χ0) is 9.68. The van der Waals surface area contributed by atoms with Gasteiger partial charge in [0.1, 0.15) is 0 Å². The van der Waals surface area contributed by atoms with E-state index in [1.165, 1.54) is 12.9 Å². The largest absolute Gasteiger partial charge is 0.453 e. The molecule has 0 saturated carbocycles. The van der Waals surface area contributed by atoms with Crippen LogP contribution in [0.15, 0.2) is 0 Å². The van der Waals surface area contributed by atoms with Gasteiger partial charge in [-0.15, -0.1) is 0 Å². The van der Waals surface area contributed by atoms with Gasteiger partial charge in [-0.05, 0) is 0 Å². The fourth-order valence-corrected chi connectivity index (χ4v) is 2.23. The predicted molar refractivity (Wildman–Crippen MR) is 54.2 cm³/mol. The summed E-state index contributed by atoms with van der Waals surface area (Å²) in [7, 11) is 3.16. The maximum Gasteiger partial charge on any atom is 0.409 e. The van der Waals surface area contributed by atoms with Crippen LogP contribution in [0.25, 0.3) is 0 Å². The summed E-state index contributed by atoms with van der Waals surface area (Å²) < 4.78 is 4.61. The summed E-state index contributed by atoms with van der Waals surface area (Å²) in [5, 5.41) is 3.36. The molecule has 1 N–H and O–H groups in total. The molecule has 4 nitrogen and oxygen atoms in total. The van der Waals surface area contributed by atoms with Gasteiger partial charge in [-0.1, -0.05) is 0 Å². The molecule has 0 aromatic heterocycles. The number of likely N-dealkylation sites (N-methyl/N-ethyl adjacent to an activating group) is 1. The van der Waals surface area contributed by atoms with Gasteiger partial charge in [-0.25, -0.2) is 4.79 Å². The summed E-state index contributed by atoms with van der Waals surface area (Å²) in [4.78, 5) is 12.7. The number of carbonyl (C=O) groups is 1. The first kappa shape index (κ1) is 10.7. The lowest BCUT2D eigenvalue weighted by molar-refractivity contribution is 0.130. The average molecular weight is 204 g/mol. The Labute approximate surface area is 83.0 Å². The Morgan fingerprint density at radius 2 is 2.54 bits per heavy atom. The van der Waals surface area contributed by atoms with Gasteiger partial charge < -0.3 is 15.0 Å². The molecule has 1 heterocycles. The standard InChI is InChI=1S/C8H16N2O2S/c1-10(8(11)12-2)5-7-6-13-4-3-9-7/h7,9H,3-6H2,1-2H3. The maximum absolute atomic E-state index is 11.1. The Morgan fingerprint density at radius 1 is 1.77 bits per heavy atom. The highest BCUT2D eigenvalue weighted by atomic mass is 32.2. The number of amides is 1. The summed E-state index contributed by atoms with van der Waals surface area (Å²) in [6.45, 7) is 1.75. The van der Waals surface area contributed by atoms with E-state index in [1.54, 1.807) is 11.9 Å². The second kappa shape index (κ2) is 5.34. The molecule has 1 rings (SSSR count). The van der Waals surface area contributed by atoms with Crippen molar-refractivity contribution in [1.82, 2.24) is 10.2 Å². The smallest absolute Gasteiger partial charge is 0.409 e. The Morgan fingerprint density at radius 3 is 3.08 bits per heavy atom. The lowest BCUT2D eigenvalue weighted by Crippen LogP contribution is -2.46. The van der Waals surface area contributed by atoms with Crippen molar-refractivity contribution >= 4 is 17.9 Å². The molecule has 76 valence electrons. The number of carbonyl (C=O) groups excluding carboxylic acids is 1. The molecule has 0 radical (unpaired) electrons. The van der Waals surface area contributed by atoms with E-state index in [0.717, 1.165) is 18.8 Å². The van der Waals surface area contributed by atoms with E-state index in [1.807, 2.05) is 11.8 Å². The number of thioether (sulfide) groups is 1. The van der Waals surface area contributed by atoms with Crippen molar-refractivity contribution in [3.63, 3.8) is 0 Å². The fourth-order valence-electron chi connectivity index (χ4n) is 1.30. The molecule has 0 bridgehead atoms. The van der Waals surface area contributed by atoms with Gasteiger partial charge in [0, 0.05) is 37.7 Å². The Hall–Kier alpha value is -0.420. The van der Waals surface area contributed by atoms with Crippen LogP contribution in [0.2, 0.25) is 0 Å². The highest BCUT2D eigenvalue weighted by Gasteiger charge is 2.17. The van der Waals surface area contributed by atoms with Crippen molar-refractivity contribution < 1.29 is 9.53 Å². The zero-order valence-electron chi connectivity index (χ0n) is 8.08. The van der Waals surface area contributed by atoms with Crippen LogP contribution in [0.5, 0.6) is 0 Å². The quantitative estimate of drug-likeness (QED) is 0.706. The van der Waals surface area contributed by atoms with E-state index < -0.39 is 0 Å². The van der Waals surface area contributed by atoms with Gasteiger partial charge in [0.25, 0.3) is 0 Å². The van der Waals surface area contributed by atoms with Crippen LogP contribution in [0.3, 0.4) is 0 Å². The zero-order valence-corrected chi connectivity index (χ0v) is 8.89. The van der Waals surface area contributed by atoms with Crippen molar-refractivity contribution in [2.45, 2.75) is 6.04 Å². The number of nitrogens with zero attached hydrogens (tertiary/aromatic N) is 1. The Balaban J connectivity index is 2.25. The van der Waals surface area contributed by atoms with Gasteiger partial charge in [-0.3, -0.25) is 0 Å². The Kier molecular flexibility index (Phi) is 4.38. The summed E-state index contributed by atoms with van der Waals surface area (Å²) in [5.74, 6) is 2.24. The van der Waals surface area contributed by atoms with Gasteiger partial charge in [0.2, 0.25) is 0 Å². The van der Waals surface area contributed by atoms with E-state index in [2.05, 4.69) is 10.1 Å². The first-order valence-electron chi connectivity index (χ1n) is 4.34. The number of nitrogens with one attached hydrogen (secondary N) is 1. The van der Waals surface area contributed by atoms with E-state index >= 15 is 0 Å². The lowest BCUT2D eigenvalue weighted by atomic mass is 10.3. The van der Waals surface area contributed by atoms with Gasteiger partial charge in [0.15, 0.2) is 0 Å². The third-order valence-electron chi connectivity index (χ3n) is 1.98. The van der Waals surface area contributed by atoms with Crippen molar-refractivity contribution in [2.75, 3.05) is 38.8 Å². The molecule has 0 aromatic carbocycles. The monoisotopic (exact) mass is 204 g/mol. The molecule has 1 fully saturated rings. The summed E-state index contributed by atoms with van der Waals surface area (Å²) in [5.41, 5.74) is 0. The highest BCUT2D eigenvalue weighted by Crippen LogP contribution is 2.08. The van der Waals surface area contributed by atoms with Crippen molar-refractivity contribution in [3.05, 3.63) is 0 Å². The van der Waals surface area contributed by atoms with Crippen LogP contribution in [0.4, 0.5) is 4.79 Å². The third kappa shape index (κ3) is 3.44. The van der Waals surface area contributed by atoms with Crippen molar-refractivity contribution in [2.24, 2.45) is 0 Å². The van der Waals surface area contributed by atoms with Crippen molar-refractivity contribution in [3.8, 4) is 0 Å². The van der Waals surface area contributed by atoms with Crippen LogP contribution < -0.4 is 5.32 Å². The molecular weight excluding hydrogens is 188 g/mol. The first-order chi connectivity index (χ1) is 6.24. The molecule has 1 amide bonds.